The fourth-order valence-corrected chi connectivity index (χ4v) is 4.64. The van der Waals surface area contributed by atoms with Gasteiger partial charge in [-0.1, -0.05) is 6.07 Å². The van der Waals surface area contributed by atoms with Crippen molar-refractivity contribution in [1.82, 2.24) is 15.0 Å². The zero-order valence-electron chi connectivity index (χ0n) is 20.7. The first kappa shape index (κ1) is 24.1. The third kappa shape index (κ3) is 5.60. The van der Waals surface area contributed by atoms with Crippen LogP contribution in [0.15, 0.2) is 48.8 Å². The number of carbonyl (C=O) groups excluding carboxylic acids is 2. The molecular formula is C28H31N5O3. The summed E-state index contributed by atoms with van der Waals surface area (Å²) >= 11 is 0. The van der Waals surface area contributed by atoms with E-state index in [1.165, 1.54) is 0 Å². The highest BCUT2D eigenvalue weighted by molar-refractivity contribution is 5.94. The molecule has 36 heavy (non-hydrogen) atoms. The number of aromatic nitrogens is 3. The van der Waals surface area contributed by atoms with Gasteiger partial charge in [-0.25, -0.2) is 15.0 Å². The molecule has 0 bridgehead atoms. The second-order valence-electron chi connectivity index (χ2n) is 9.69. The van der Waals surface area contributed by atoms with Gasteiger partial charge in [0.2, 0.25) is 11.8 Å². The van der Waals surface area contributed by atoms with Gasteiger partial charge in [0.1, 0.15) is 5.82 Å². The molecule has 8 nitrogen and oxygen atoms in total. The Hall–Kier alpha value is -3.65. The van der Waals surface area contributed by atoms with Crippen molar-refractivity contribution in [2.45, 2.75) is 51.6 Å². The molecule has 1 aromatic carbocycles. The zero-order valence-corrected chi connectivity index (χ0v) is 20.7. The van der Waals surface area contributed by atoms with E-state index in [0.29, 0.717) is 11.6 Å². The van der Waals surface area contributed by atoms with Crippen LogP contribution in [0.1, 0.15) is 44.1 Å². The Balaban J connectivity index is 1.33. The van der Waals surface area contributed by atoms with Gasteiger partial charge < -0.3 is 15.4 Å². The molecule has 5 rings (SSSR count). The molecule has 2 saturated carbocycles. The summed E-state index contributed by atoms with van der Waals surface area (Å²) in [5, 5.41) is 5.97. The summed E-state index contributed by atoms with van der Waals surface area (Å²) < 4.78 is 5.43. The predicted octanol–water partition coefficient (Wildman–Crippen LogP) is 5.01. The predicted molar refractivity (Wildman–Crippen MR) is 138 cm³/mol. The largest absolute Gasteiger partial charge is 0.381 e. The van der Waals surface area contributed by atoms with Crippen molar-refractivity contribution in [2.75, 3.05) is 17.7 Å². The highest BCUT2D eigenvalue weighted by Crippen LogP contribution is 2.31. The summed E-state index contributed by atoms with van der Waals surface area (Å²) in [7, 11) is 1.73. The number of benzene rings is 1. The van der Waals surface area contributed by atoms with Crippen molar-refractivity contribution in [3.8, 4) is 22.6 Å². The summed E-state index contributed by atoms with van der Waals surface area (Å²) in [6, 6.07) is 11.4. The van der Waals surface area contributed by atoms with Gasteiger partial charge in [-0.2, -0.15) is 0 Å². The van der Waals surface area contributed by atoms with Crippen molar-refractivity contribution in [3.63, 3.8) is 0 Å². The minimum absolute atomic E-state index is 0.00750. The highest BCUT2D eigenvalue weighted by Gasteiger charge is 2.30. The lowest BCUT2D eigenvalue weighted by Crippen LogP contribution is -2.29. The average molecular weight is 486 g/mol. The Kier molecular flexibility index (Phi) is 7.04. The van der Waals surface area contributed by atoms with E-state index < -0.39 is 0 Å². The van der Waals surface area contributed by atoms with Gasteiger partial charge in [0, 0.05) is 48.2 Å². The lowest BCUT2D eigenvalue weighted by atomic mass is 9.86. The van der Waals surface area contributed by atoms with Crippen molar-refractivity contribution in [2.24, 2.45) is 11.8 Å². The number of aryl methyl sites for hydroxylation is 1. The van der Waals surface area contributed by atoms with Crippen LogP contribution in [0, 0.1) is 18.8 Å². The van der Waals surface area contributed by atoms with Gasteiger partial charge in [0.05, 0.1) is 11.8 Å². The zero-order chi connectivity index (χ0) is 25.1. The van der Waals surface area contributed by atoms with E-state index in [2.05, 4.69) is 20.6 Å². The molecule has 0 atom stereocenters. The number of methoxy groups -OCH3 is 1. The SMILES string of the molecule is COC1CCC(C(=O)Nc2ccc(C)c(-c3ccnc(-c4ccnc(NC(=O)C5CC5)c4)n3)c2)CC1. The number of rotatable bonds is 7. The third-order valence-corrected chi connectivity index (χ3v) is 7.03. The minimum Gasteiger partial charge on any atom is -0.381 e. The van der Waals surface area contributed by atoms with E-state index in [0.717, 1.165) is 66.6 Å². The topological polar surface area (TPSA) is 106 Å². The number of hydrogen-bond donors (Lipinski definition) is 2. The van der Waals surface area contributed by atoms with Crippen LogP contribution >= 0.6 is 0 Å². The number of hydrogen-bond acceptors (Lipinski definition) is 6. The van der Waals surface area contributed by atoms with Crippen LogP contribution in [0.4, 0.5) is 11.5 Å². The Morgan fingerprint density at radius 2 is 1.56 bits per heavy atom. The second kappa shape index (κ2) is 10.5. The number of nitrogens with zero attached hydrogens (tertiary/aromatic N) is 3. The summed E-state index contributed by atoms with van der Waals surface area (Å²) in [5.74, 6) is 1.22. The molecule has 0 saturated heterocycles. The quantitative estimate of drug-likeness (QED) is 0.487. The van der Waals surface area contributed by atoms with Crippen LogP contribution < -0.4 is 10.6 Å². The molecule has 2 aliphatic carbocycles. The van der Waals surface area contributed by atoms with Crippen molar-refractivity contribution >= 4 is 23.3 Å². The lowest BCUT2D eigenvalue weighted by molar-refractivity contribution is -0.121. The molecule has 2 aromatic heterocycles. The monoisotopic (exact) mass is 485 g/mol. The Labute approximate surface area is 210 Å². The van der Waals surface area contributed by atoms with E-state index >= 15 is 0 Å². The average Bonchev–Trinajstić information content (AvgIpc) is 3.76. The van der Waals surface area contributed by atoms with Crippen molar-refractivity contribution in [1.29, 1.82) is 0 Å². The number of nitrogens with one attached hydrogen (secondary N) is 2. The van der Waals surface area contributed by atoms with Crippen LogP contribution in [-0.4, -0.2) is 40.0 Å². The molecule has 0 aliphatic heterocycles. The van der Waals surface area contributed by atoms with E-state index in [1.807, 2.05) is 37.3 Å². The Bertz CT molecular complexity index is 1270. The lowest BCUT2D eigenvalue weighted by Gasteiger charge is -2.26. The minimum atomic E-state index is 0.00750. The molecule has 2 amide bonds. The molecule has 0 radical (unpaired) electrons. The Morgan fingerprint density at radius 1 is 0.861 bits per heavy atom. The first-order chi connectivity index (χ1) is 17.5. The van der Waals surface area contributed by atoms with Crippen LogP contribution in [0.2, 0.25) is 0 Å². The van der Waals surface area contributed by atoms with E-state index in [9.17, 15) is 9.59 Å². The van der Waals surface area contributed by atoms with Crippen molar-refractivity contribution in [3.05, 3.63) is 54.4 Å². The molecule has 0 spiro atoms. The normalized spacial score (nSPS) is 19.5. The van der Waals surface area contributed by atoms with Crippen LogP contribution in [-0.2, 0) is 14.3 Å². The summed E-state index contributed by atoms with van der Waals surface area (Å²) in [6.45, 7) is 2.02. The maximum Gasteiger partial charge on any atom is 0.228 e. The molecule has 186 valence electrons. The van der Waals surface area contributed by atoms with Crippen LogP contribution in [0.5, 0.6) is 0 Å². The van der Waals surface area contributed by atoms with E-state index in [1.54, 1.807) is 25.6 Å². The highest BCUT2D eigenvalue weighted by atomic mass is 16.5. The van der Waals surface area contributed by atoms with Crippen molar-refractivity contribution < 1.29 is 14.3 Å². The smallest absolute Gasteiger partial charge is 0.228 e. The maximum atomic E-state index is 12.9. The first-order valence-electron chi connectivity index (χ1n) is 12.5. The summed E-state index contributed by atoms with van der Waals surface area (Å²) in [6.07, 6.45) is 9.01. The molecule has 3 aromatic rings. The van der Waals surface area contributed by atoms with Gasteiger partial charge in [-0.3, -0.25) is 9.59 Å². The maximum absolute atomic E-state index is 12.9. The fraction of sp³-hybridized carbons (Fsp3) is 0.393. The molecular weight excluding hydrogens is 454 g/mol. The third-order valence-electron chi connectivity index (χ3n) is 7.03. The van der Waals surface area contributed by atoms with Gasteiger partial charge in [0.15, 0.2) is 5.82 Å². The number of pyridine rings is 1. The molecule has 2 N–H and O–H groups in total. The number of amides is 2. The molecule has 0 unspecified atom stereocenters. The molecule has 2 heterocycles. The number of anilines is 2. The number of ether oxygens (including phenoxy) is 1. The van der Waals surface area contributed by atoms with Gasteiger partial charge in [-0.05, 0) is 81.3 Å². The Morgan fingerprint density at radius 3 is 2.28 bits per heavy atom. The van der Waals surface area contributed by atoms with Gasteiger partial charge in [-0.15, -0.1) is 0 Å². The van der Waals surface area contributed by atoms with Gasteiger partial charge >= 0.3 is 0 Å². The summed E-state index contributed by atoms with van der Waals surface area (Å²) in [5.41, 5.74) is 4.26. The molecule has 2 fully saturated rings. The fourth-order valence-electron chi connectivity index (χ4n) is 4.64. The van der Waals surface area contributed by atoms with E-state index in [4.69, 9.17) is 9.72 Å². The summed E-state index contributed by atoms with van der Waals surface area (Å²) in [4.78, 5) is 38.5. The van der Waals surface area contributed by atoms with Crippen LogP contribution in [0.3, 0.4) is 0 Å². The molecule has 8 heteroatoms. The first-order valence-corrected chi connectivity index (χ1v) is 12.5. The second-order valence-corrected chi connectivity index (χ2v) is 9.69. The molecule has 2 aliphatic rings. The standard InChI is InChI=1S/C28H31N5O3/c1-17-3-8-21(31-27(34)19-6-9-22(36-2)10-7-19)16-23(17)24-12-14-30-26(32-24)20-11-13-29-25(15-20)33-28(35)18-4-5-18/h3,8,11-16,18-19,22H,4-7,9-10H2,1-2H3,(H,31,34)(H,29,33,35). The number of carbonyl (C=O) groups is 2. The van der Waals surface area contributed by atoms with Crippen LogP contribution in [0.25, 0.3) is 22.6 Å². The van der Waals surface area contributed by atoms with Gasteiger partial charge in [0.25, 0.3) is 0 Å². The van der Waals surface area contributed by atoms with E-state index in [-0.39, 0.29) is 29.8 Å².